The molecule has 0 fully saturated rings. The average molecular weight is 589 g/mol. The Morgan fingerprint density at radius 3 is 1.89 bits per heavy atom. The molecule has 9 rings (SSSR count). The molecular weight excluding hydrogens is 564 g/mol. The Morgan fingerprint density at radius 1 is 0.522 bits per heavy atom. The highest BCUT2D eigenvalue weighted by atomic mass is 16.3. The molecule has 0 radical (unpaired) electrons. The molecule has 0 aliphatic rings. The molecule has 9 aromatic rings. The number of hydrogen-bond acceptors (Lipinski definition) is 4. The van der Waals surface area contributed by atoms with Crippen molar-refractivity contribution in [2.75, 3.05) is 0 Å². The number of para-hydroxylation sites is 4. The van der Waals surface area contributed by atoms with Gasteiger partial charge in [-0.3, -0.25) is 0 Å². The van der Waals surface area contributed by atoms with Crippen molar-refractivity contribution in [3.8, 4) is 45.5 Å². The average Bonchev–Trinajstić information content (AvgIpc) is 3.68. The van der Waals surface area contributed by atoms with E-state index in [1.54, 1.807) is 12.1 Å². The second-order valence-electron chi connectivity index (χ2n) is 11.3. The Balaban J connectivity index is 1.33. The number of furan rings is 1. The number of nitriles is 1. The van der Waals surface area contributed by atoms with Crippen LogP contribution >= 0.6 is 0 Å². The molecule has 0 atom stereocenters. The van der Waals surface area contributed by atoms with Gasteiger partial charge in [0.15, 0.2) is 11.4 Å². The molecular formula is C41H24N4O. The van der Waals surface area contributed by atoms with Gasteiger partial charge in [-0.05, 0) is 48.5 Å². The van der Waals surface area contributed by atoms with Crippen LogP contribution in [0.3, 0.4) is 0 Å². The van der Waals surface area contributed by atoms with Crippen LogP contribution in [0.25, 0.3) is 83.3 Å². The summed E-state index contributed by atoms with van der Waals surface area (Å²) in [5.41, 5.74) is 10.6. The zero-order chi connectivity index (χ0) is 30.6. The normalized spacial score (nSPS) is 11.5. The molecule has 3 aromatic heterocycles. The minimum atomic E-state index is 0.578. The number of hydrogen-bond donors (Lipinski definition) is 0. The standard InChI is InChI=1S/C41H24N4O/c42-25-26-21-23-28(24-22-26)41-43-37(27-11-2-1-3-12-27)40-38(44-41)33-17-10-16-32(39(33)46-40)31-15-6-9-20-36(31)45-34-18-7-4-13-29(34)30-14-5-8-19-35(30)45/h1-24H. The molecule has 0 saturated heterocycles. The minimum Gasteiger partial charge on any atom is -0.451 e. The summed E-state index contributed by atoms with van der Waals surface area (Å²) in [4.78, 5) is 10.1. The maximum Gasteiger partial charge on any atom is 0.180 e. The van der Waals surface area contributed by atoms with Crippen molar-refractivity contribution in [3.05, 3.63) is 151 Å². The topological polar surface area (TPSA) is 67.6 Å². The summed E-state index contributed by atoms with van der Waals surface area (Å²) in [6, 6.07) is 51.5. The van der Waals surface area contributed by atoms with Gasteiger partial charge in [-0.2, -0.15) is 5.26 Å². The highest BCUT2D eigenvalue weighted by Gasteiger charge is 2.22. The van der Waals surface area contributed by atoms with Gasteiger partial charge in [0.1, 0.15) is 16.8 Å². The van der Waals surface area contributed by atoms with E-state index in [2.05, 4.69) is 102 Å². The smallest absolute Gasteiger partial charge is 0.180 e. The quantitative estimate of drug-likeness (QED) is 0.205. The highest BCUT2D eigenvalue weighted by Crippen LogP contribution is 2.42. The third-order valence-corrected chi connectivity index (χ3v) is 8.67. The van der Waals surface area contributed by atoms with Crippen molar-refractivity contribution >= 4 is 43.9 Å². The first-order valence-electron chi connectivity index (χ1n) is 15.2. The van der Waals surface area contributed by atoms with Crippen LogP contribution in [0.1, 0.15) is 5.56 Å². The lowest BCUT2D eigenvalue weighted by molar-refractivity contribution is 0.668. The molecule has 0 saturated carbocycles. The van der Waals surface area contributed by atoms with Crippen LogP contribution < -0.4 is 0 Å². The van der Waals surface area contributed by atoms with Gasteiger partial charge < -0.3 is 8.98 Å². The first-order chi connectivity index (χ1) is 22.8. The van der Waals surface area contributed by atoms with E-state index in [-0.39, 0.29) is 0 Å². The van der Waals surface area contributed by atoms with Crippen LogP contribution in [0.2, 0.25) is 0 Å². The summed E-state index contributed by atoms with van der Waals surface area (Å²) in [5.74, 6) is 0.578. The van der Waals surface area contributed by atoms with Gasteiger partial charge in [-0.1, -0.05) is 97.1 Å². The van der Waals surface area contributed by atoms with E-state index in [9.17, 15) is 5.26 Å². The Labute approximate surface area is 264 Å². The molecule has 3 heterocycles. The monoisotopic (exact) mass is 588 g/mol. The number of fused-ring (bicyclic) bond motifs is 6. The lowest BCUT2D eigenvalue weighted by atomic mass is 10.0. The van der Waals surface area contributed by atoms with Crippen LogP contribution in [-0.2, 0) is 0 Å². The van der Waals surface area contributed by atoms with Crippen molar-refractivity contribution in [2.24, 2.45) is 0 Å². The van der Waals surface area contributed by atoms with Gasteiger partial charge in [-0.25, -0.2) is 9.97 Å². The molecule has 0 unspecified atom stereocenters. The molecule has 5 heteroatoms. The molecule has 0 aliphatic heterocycles. The summed E-state index contributed by atoms with van der Waals surface area (Å²) >= 11 is 0. The maximum absolute atomic E-state index is 9.33. The Hall–Kier alpha value is -6.51. The lowest BCUT2D eigenvalue weighted by Crippen LogP contribution is -1.97. The third kappa shape index (κ3) is 3.94. The maximum atomic E-state index is 9.33. The Bertz CT molecular complexity index is 2590. The van der Waals surface area contributed by atoms with Gasteiger partial charge in [0, 0.05) is 38.4 Å². The largest absolute Gasteiger partial charge is 0.451 e. The van der Waals surface area contributed by atoms with Crippen LogP contribution in [-0.4, -0.2) is 14.5 Å². The van der Waals surface area contributed by atoms with Gasteiger partial charge in [-0.15, -0.1) is 0 Å². The molecule has 0 N–H and O–H groups in total. The van der Waals surface area contributed by atoms with E-state index < -0.39 is 0 Å². The predicted molar refractivity (Wildman–Crippen MR) is 185 cm³/mol. The van der Waals surface area contributed by atoms with Gasteiger partial charge in [0.25, 0.3) is 0 Å². The molecule has 5 nitrogen and oxygen atoms in total. The highest BCUT2D eigenvalue weighted by molar-refractivity contribution is 6.13. The van der Waals surface area contributed by atoms with E-state index >= 15 is 0 Å². The van der Waals surface area contributed by atoms with Crippen molar-refractivity contribution < 1.29 is 4.42 Å². The van der Waals surface area contributed by atoms with Crippen molar-refractivity contribution in [1.29, 1.82) is 5.26 Å². The van der Waals surface area contributed by atoms with E-state index in [1.807, 2.05) is 42.5 Å². The second kappa shape index (κ2) is 10.3. The molecule has 0 bridgehead atoms. The fourth-order valence-electron chi connectivity index (χ4n) is 6.57. The summed E-state index contributed by atoms with van der Waals surface area (Å²) in [6.45, 7) is 0. The molecule has 0 amide bonds. The molecule has 6 aromatic carbocycles. The SMILES string of the molecule is N#Cc1ccc(-c2nc(-c3ccccc3)c3oc4c(-c5ccccc5-n5c6ccccc6c6ccccc65)cccc4c3n2)cc1. The van der Waals surface area contributed by atoms with Crippen LogP contribution in [0.4, 0.5) is 0 Å². The molecule has 0 spiro atoms. The van der Waals surface area contributed by atoms with E-state index in [4.69, 9.17) is 14.4 Å². The summed E-state index contributed by atoms with van der Waals surface area (Å²) in [5, 5.41) is 12.7. The van der Waals surface area contributed by atoms with Gasteiger partial charge in [0.05, 0.1) is 28.4 Å². The fourth-order valence-corrected chi connectivity index (χ4v) is 6.57. The zero-order valence-electron chi connectivity index (χ0n) is 24.6. The first kappa shape index (κ1) is 25.9. The molecule has 0 aliphatic carbocycles. The summed E-state index contributed by atoms with van der Waals surface area (Å²) < 4.78 is 9.17. The first-order valence-corrected chi connectivity index (χ1v) is 15.2. The van der Waals surface area contributed by atoms with Gasteiger partial charge in [0.2, 0.25) is 0 Å². The summed E-state index contributed by atoms with van der Waals surface area (Å²) in [7, 11) is 0. The van der Waals surface area contributed by atoms with Crippen molar-refractivity contribution in [1.82, 2.24) is 14.5 Å². The number of aromatic nitrogens is 3. The van der Waals surface area contributed by atoms with Crippen molar-refractivity contribution in [3.63, 3.8) is 0 Å². The molecule has 214 valence electrons. The zero-order valence-corrected chi connectivity index (χ0v) is 24.6. The third-order valence-electron chi connectivity index (χ3n) is 8.67. The van der Waals surface area contributed by atoms with E-state index in [0.29, 0.717) is 17.0 Å². The Kier molecular flexibility index (Phi) is 5.81. The van der Waals surface area contributed by atoms with Crippen LogP contribution in [0.5, 0.6) is 0 Å². The van der Waals surface area contributed by atoms with Crippen LogP contribution in [0.15, 0.2) is 150 Å². The predicted octanol–water partition coefficient (Wildman–Crippen LogP) is 10.3. The van der Waals surface area contributed by atoms with Gasteiger partial charge >= 0.3 is 0 Å². The van der Waals surface area contributed by atoms with E-state index in [1.165, 1.54) is 10.8 Å². The minimum absolute atomic E-state index is 0.578. The Morgan fingerprint density at radius 2 is 1.15 bits per heavy atom. The summed E-state index contributed by atoms with van der Waals surface area (Å²) in [6.07, 6.45) is 0. The molecule has 46 heavy (non-hydrogen) atoms. The fraction of sp³-hybridized carbons (Fsp3) is 0. The van der Waals surface area contributed by atoms with Crippen LogP contribution in [0, 0.1) is 11.3 Å². The second-order valence-corrected chi connectivity index (χ2v) is 11.3. The number of benzene rings is 6. The number of nitrogens with zero attached hydrogens (tertiary/aromatic N) is 4. The van der Waals surface area contributed by atoms with Crippen molar-refractivity contribution in [2.45, 2.75) is 0 Å². The van der Waals surface area contributed by atoms with E-state index in [0.717, 1.165) is 61.2 Å². The lowest BCUT2D eigenvalue weighted by Gasteiger charge is -2.14. The number of rotatable bonds is 4.